The van der Waals surface area contributed by atoms with Crippen LogP contribution in [0.1, 0.15) is 45.4 Å². The van der Waals surface area contributed by atoms with Crippen LogP contribution in [0.25, 0.3) is 0 Å². The van der Waals surface area contributed by atoms with E-state index in [1.165, 1.54) is 12.8 Å². The molecule has 0 spiro atoms. The van der Waals surface area contributed by atoms with E-state index < -0.39 is 0 Å². The Balaban J connectivity index is 1.96. The summed E-state index contributed by atoms with van der Waals surface area (Å²) in [5.74, 6) is 0.778. The van der Waals surface area contributed by atoms with Crippen molar-refractivity contribution in [3.8, 4) is 0 Å². The highest BCUT2D eigenvalue weighted by Crippen LogP contribution is 2.27. The van der Waals surface area contributed by atoms with Gasteiger partial charge in [0.15, 0.2) is 0 Å². The first kappa shape index (κ1) is 11.9. The lowest BCUT2D eigenvalue weighted by atomic mass is 10.0. The molecule has 1 saturated heterocycles. The Morgan fingerprint density at radius 1 is 1.31 bits per heavy atom. The third-order valence-electron chi connectivity index (χ3n) is 3.93. The van der Waals surface area contributed by atoms with Gasteiger partial charge < -0.3 is 10.2 Å². The van der Waals surface area contributed by atoms with Crippen molar-refractivity contribution >= 4 is 5.91 Å². The second kappa shape index (κ2) is 5.67. The average Bonchev–Trinajstić information content (AvgIpc) is 2.96. The Labute approximate surface area is 98.6 Å². The normalized spacial score (nSPS) is 26.2. The van der Waals surface area contributed by atoms with E-state index in [1.807, 2.05) is 0 Å². The van der Waals surface area contributed by atoms with Gasteiger partial charge in [0.05, 0.1) is 0 Å². The number of rotatable bonds is 4. The van der Waals surface area contributed by atoms with Crippen LogP contribution in [0.2, 0.25) is 0 Å². The Morgan fingerprint density at radius 2 is 2.06 bits per heavy atom. The van der Waals surface area contributed by atoms with Gasteiger partial charge in [-0.1, -0.05) is 19.8 Å². The molecule has 92 valence electrons. The molecule has 2 rings (SSSR count). The molecule has 1 atom stereocenters. The molecule has 2 fully saturated rings. The molecule has 3 heteroatoms. The van der Waals surface area contributed by atoms with E-state index in [4.69, 9.17) is 0 Å². The van der Waals surface area contributed by atoms with Crippen molar-refractivity contribution in [2.45, 2.75) is 51.5 Å². The molecule has 1 amide bonds. The second-order valence-electron chi connectivity index (χ2n) is 5.16. The van der Waals surface area contributed by atoms with Crippen molar-refractivity contribution < 1.29 is 4.79 Å². The minimum atomic E-state index is 0.340. The fraction of sp³-hybridized carbons (Fsp3) is 0.923. The van der Waals surface area contributed by atoms with Crippen LogP contribution in [0.5, 0.6) is 0 Å². The summed E-state index contributed by atoms with van der Waals surface area (Å²) in [6.45, 7) is 5.18. The fourth-order valence-electron chi connectivity index (χ4n) is 3.03. The minimum absolute atomic E-state index is 0.340. The highest BCUT2D eigenvalue weighted by atomic mass is 16.2. The van der Waals surface area contributed by atoms with Crippen LogP contribution in [0.15, 0.2) is 0 Å². The smallest absolute Gasteiger partial charge is 0.225 e. The second-order valence-corrected chi connectivity index (χ2v) is 5.16. The molecule has 3 nitrogen and oxygen atoms in total. The number of nitrogens with zero attached hydrogens (tertiary/aromatic N) is 1. The zero-order valence-electron chi connectivity index (χ0n) is 10.4. The van der Waals surface area contributed by atoms with Crippen molar-refractivity contribution in [3.05, 3.63) is 0 Å². The molecule has 0 radical (unpaired) electrons. The Hall–Kier alpha value is -0.570. The average molecular weight is 224 g/mol. The maximum absolute atomic E-state index is 12.4. The van der Waals surface area contributed by atoms with Crippen LogP contribution in [0, 0.1) is 5.92 Å². The molecule has 0 aromatic heterocycles. The molecule has 1 aliphatic carbocycles. The Kier molecular flexibility index (Phi) is 4.22. The van der Waals surface area contributed by atoms with E-state index in [0.717, 1.165) is 45.3 Å². The van der Waals surface area contributed by atoms with Gasteiger partial charge in [0, 0.05) is 25.0 Å². The van der Waals surface area contributed by atoms with Gasteiger partial charge in [0.1, 0.15) is 0 Å². The van der Waals surface area contributed by atoms with E-state index >= 15 is 0 Å². The van der Waals surface area contributed by atoms with E-state index in [0.29, 0.717) is 17.9 Å². The van der Waals surface area contributed by atoms with E-state index in [2.05, 4.69) is 17.1 Å². The summed E-state index contributed by atoms with van der Waals surface area (Å²) >= 11 is 0. The summed E-state index contributed by atoms with van der Waals surface area (Å²) < 4.78 is 0. The standard InChI is InChI=1S/C13H24N2O/c1-2-9-15(12-7-8-14-10-12)13(16)11-5-3-4-6-11/h11-12,14H,2-10H2,1H3. The molecule has 1 saturated carbocycles. The topological polar surface area (TPSA) is 32.3 Å². The van der Waals surface area contributed by atoms with E-state index in [-0.39, 0.29) is 0 Å². The maximum atomic E-state index is 12.4. The van der Waals surface area contributed by atoms with Crippen molar-refractivity contribution in [2.75, 3.05) is 19.6 Å². The number of carbonyl (C=O) groups is 1. The van der Waals surface area contributed by atoms with Gasteiger partial charge in [0.2, 0.25) is 5.91 Å². The quantitative estimate of drug-likeness (QED) is 0.789. The number of carbonyl (C=O) groups excluding carboxylic acids is 1. The number of hydrogen-bond donors (Lipinski definition) is 1. The predicted octanol–water partition coefficient (Wildman–Crippen LogP) is 1.78. The SMILES string of the molecule is CCCN(C(=O)C1CCCC1)C1CCNC1. The number of nitrogens with one attached hydrogen (secondary N) is 1. The lowest BCUT2D eigenvalue weighted by Gasteiger charge is -2.30. The van der Waals surface area contributed by atoms with Gasteiger partial charge in [-0.2, -0.15) is 0 Å². The Bertz CT molecular complexity index is 230. The predicted molar refractivity (Wildman–Crippen MR) is 65.2 cm³/mol. The summed E-state index contributed by atoms with van der Waals surface area (Å²) in [4.78, 5) is 14.6. The molecule has 0 bridgehead atoms. The molecule has 1 N–H and O–H groups in total. The zero-order chi connectivity index (χ0) is 11.4. The van der Waals surface area contributed by atoms with Gasteiger partial charge in [-0.3, -0.25) is 4.79 Å². The number of amides is 1. The van der Waals surface area contributed by atoms with E-state index in [1.54, 1.807) is 0 Å². The zero-order valence-corrected chi connectivity index (χ0v) is 10.4. The molecule has 16 heavy (non-hydrogen) atoms. The van der Waals surface area contributed by atoms with Gasteiger partial charge in [-0.05, 0) is 32.2 Å². The third kappa shape index (κ3) is 2.57. The summed E-state index contributed by atoms with van der Waals surface area (Å²) in [6, 6.07) is 0.466. The molecule has 2 aliphatic rings. The molecule has 0 aromatic rings. The number of hydrogen-bond acceptors (Lipinski definition) is 2. The van der Waals surface area contributed by atoms with Gasteiger partial charge in [-0.15, -0.1) is 0 Å². The summed E-state index contributed by atoms with van der Waals surface area (Å²) in [5, 5.41) is 3.36. The summed E-state index contributed by atoms with van der Waals surface area (Å²) in [7, 11) is 0. The van der Waals surface area contributed by atoms with Crippen LogP contribution in [-0.4, -0.2) is 36.5 Å². The Morgan fingerprint density at radius 3 is 2.62 bits per heavy atom. The van der Waals surface area contributed by atoms with Gasteiger partial charge in [0.25, 0.3) is 0 Å². The molecule has 1 heterocycles. The van der Waals surface area contributed by atoms with Gasteiger partial charge >= 0.3 is 0 Å². The van der Waals surface area contributed by atoms with E-state index in [9.17, 15) is 4.79 Å². The van der Waals surface area contributed by atoms with Crippen LogP contribution in [-0.2, 0) is 4.79 Å². The van der Waals surface area contributed by atoms with Gasteiger partial charge in [-0.25, -0.2) is 0 Å². The molecular weight excluding hydrogens is 200 g/mol. The first-order chi connectivity index (χ1) is 7.83. The maximum Gasteiger partial charge on any atom is 0.225 e. The largest absolute Gasteiger partial charge is 0.338 e. The van der Waals surface area contributed by atoms with Crippen molar-refractivity contribution in [3.63, 3.8) is 0 Å². The molecular formula is C13H24N2O. The van der Waals surface area contributed by atoms with Crippen LogP contribution in [0.4, 0.5) is 0 Å². The highest BCUT2D eigenvalue weighted by molar-refractivity contribution is 5.79. The lowest BCUT2D eigenvalue weighted by molar-refractivity contribution is -0.137. The first-order valence-corrected chi connectivity index (χ1v) is 6.84. The highest BCUT2D eigenvalue weighted by Gasteiger charge is 2.31. The van der Waals surface area contributed by atoms with Crippen molar-refractivity contribution in [1.29, 1.82) is 0 Å². The van der Waals surface area contributed by atoms with Crippen molar-refractivity contribution in [2.24, 2.45) is 5.92 Å². The van der Waals surface area contributed by atoms with Crippen LogP contribution in [0.3, 0.4) is 0 Å². The summed E-state index contributed by atoms with van der Waals surface area (Å²) in [6.07, 6.45) is 6.96. The minimum Gasteiger partial charge on any atom is -0.338 e. The molecule has 0 aromatic carbocycles. The first-order valence-electron chi connectivity index (χ1n) is 6.84. The molecule has 1 unspecified atom stereocenters. The molecule has 1 aliphatic heterocycles. The lowest BCUT2D eigenvalue weighted by Crippen LogP contribution is -2.44. The van der Waals surface area contributed by atoms with Crippen molar-refractivity contribution in [1.82, 2.24) is 10.2 Å². The summed E-state index contributed by atoms with van der Waals surface area (Å²) in [5.41, 5.74) is 0. The third-order valence-corrected chi connectivity index (χ3v) is 3.93. The fourth-order valence-corrected chi connectivity index (χ4v) is 3.03. The van der Waals surface area contributed by atoms with Crippen LogP contribution < -0.4 is 5.32 Å². The monoisotopic (exact) mass is 224 g/mol. The van der Waals surface area contributed by atoms with Crippen LogP contribution >= 0.6 is 0 Å².